The molecule has 0 bridgehead atoms. The van der Waals surface area contributed by atoms with Crippen molar-refractivity contribution < 1.29 is 14.1 Å². The number of nitrogens with one attached hydrogen (secondary N) is 2. The number of nitro groups is 1. The molecule has 0 radical (unpaired) electrons. The topological polar surface area (TPSA) is 110 Å². The molecule has 0 saturated carbocycles. The lowest BCUT2D eigenvalue weighted by Crippen LogP contribution is -2.15. The van der Waals surface area contributed by atoms with Gasteiger partial charge in [0, 0.05) is 7.05 Å². The number of benzene rings is 1. The Bertz CT molecular complexity index is 693. The van der Waals surface area contributed by atoms with Crippen LogP contribution in [0.3, 0.4) is 0 Å². The first kappa shape index (κ1) is 14.3. The number of aromatic nitrogens is 2. The Morgan fingerprint density at radius 2 is 2.00 bits per heavy atom. The highest BCUT2D eigenvalue weighted by Crippen LogP contribution is 2.26. The van der Waals surface area contributed by atoms with Gasteiger partial charge >= 0.3 is 0 Å². The Balaban J connectivity index is 2.41. The van der Waals surface area contributed by atoms with Crippen LogP contribution in [0.25, 0.3) is 0 Å². The van der Waals surface area contributed by atoms with E-state index < -0.39 is 22.3 Å². The van der Waals surface area contributed by atoms with Crippen molar-refractivity contribution in [3.8, 4) is 0 Å². The van der Waals surface area contributed by atoms with Gasteiger partial charge < -0.3 is 10.6 Å². The molecule has 0 unspecified atom stereocenters. The molecule has 2 aromatic rings. The monoisotopic (exact) mass is 291 g/mol. The highest BCUT2D eigenvalue weighted by atomic mass is 19.1. The molecule has 0 spiro atoms. The lowest BCUT2D eigenvalue weighted by molar-refractivity contribution is -0.385. The molecular formula is C12H10FN5O3. The third-order valence-corrected chi connectivity index (χ3v) is 2.61. The van der Waals surface area contributed by atoms with E-state index in [2.05, 4.69) is 20.6 Å². The van der Waals surface area contributed by atoms with Crippen molar-refractivity contribution in [1.82, 2.24) is 9.97 Å². The van der Waals surface area contributed by atoms with Crippen LogP contribution in [0.4, 0.5) is 21.5 Å². The van der Waals surface area contributed by atoms with Gasteiger partial charge in [0.2, 0.25) is 0 Å². The van der Waals surface area contributed by atoms with Crippen molar-refractivity contribution in [2.45, 2.75) is 0 Å². The van der Waals surface area contributed by atoms with Gasteiger partial charge in [0.1, 0.15) is 11.9 Å². The van der Waals surface area contributed by atoms with Crippen molar-refractivity contribution in [3.05, 3.63) is 52.3 Å². The summed E-state index contributed by atoms with van der Waals surface area (Å²) in [6.45, 7) is 0. The number of carbonyl (C=O) groups is 1. The second-order valence-electron chi connectivity index (χ2n) is 3.94. The van der Waals surface area contributed by atoms with Crippen LogP contribution in [-0.2, 0) is 0 Å². The third kappa shape index (κ3) is 3.08. The van der Waals surface area contributed by atoms with Crippen LogP contribution in [0.2, 0.25) is 0 Å². The van der Waals surface area contributed by atoms with E-state index in [-0.39, 0.29) is 16.9 Å². The molecule has 0 aliphatic rings. The highest BCUT2D eigenvalue weighted by Gasteiger charge is 2.23. The number of amides is 1. The summed E-state index contributed by atoms with van der Waals surface area (Å²) in [7, 11) is 1.44. The van der Waals surface area contributed by atoms with Gasteiger partial charge in [-0.3, -0.25) is 14.9 Å². The van der Waals surface area contributed by atoms with Gasteiger partial charge in [-0.05, 0) is 6.07 Å². The largest absolute Gasteiger partial charge is 0.386 e. The summed E-state index contributed by atoms with van der Waals surface area (Å²) in [5.74, 6) is -1.57. The number of nitrogens with zero attached hydrogens (tertiary/aromatic N) is 3. The van der Waals surface area contributed by atoms with Gasteiger partial charge in [-0.2, -0.15) is 0 Å². The molecule has 1 amide bonds. The number of halogens is 1. The Kier molecular flexibility index (Phi) is 4.02. The van der Waals surface area contributed by atoms with Crippen molar-refractivity contribution in [1.29, 1.82) is 0 Å². The van der Waals surface area contributed by atoms with Crippen LogP contribution in [0.1, 0.15) is 10.4 Å². The molecule has 0 saturated heterocycles. The van der Waals surface area contributed by atoms with Crippen molar-refractivity contribution >= 4 is 23.0 Å². The van der Waals surface area contributed by atoms with Crippen LogP contribution in [0.15, 0.2) is 30.9 Å². The zero-order chi connectivity index (χ0) is 15.4. The molecule has 0 atom stereocenters. The lowest BCUT2D eigenvalue weighted by atomic mass is 10.1. The summed E-state index contributed by atoms with van der Waals surface area (Å²) in [6.07, 6.45) is 3.94. The van der Waals surface area contributed by atoms with E-state index in [1.165, 1.54) is 25.8 Å². The molecule has 0 aliphatic carbocycles. The van der Waals surface area contributed by atoms with Crippen LogP contribution in [0, 0.1) is 15.9 Å². The average Bonchev–Trinajstić information content (AvgIpc) is 2.47. The summed E-state index contributed by atoms with van der Waals surface area (Å²) in [6, 6.07) is 1.77. The molecule has 1 heterocycles. The van der Waals surface area contributed by atoms with E-state index in [1.54, 1.807) is 0 Å². The molecule has 108 valence electrons. The zero-order valence-corrected chi connectivity index (χ0v) is 10.8. The number of hydrogen-bond donors (Lipinski definition) is 2. The van der Waals surface area contributed by atoms with Gasteiger partial charge in [-0.15, -0.1) is 0 Å². The second kappa shape index (κ2) is 5.90. The Morgan fingerprint density at radius 3 is 2.57 bits per heavy atom. The lowest BCUT2D eigenvalue weighted by Gasteiger charge is -2.08. The maximum absolute atomic E-state index is 13.6. The van der Waals surface area contributed by atoms with Gasteiger partial charge in [-0.25, -0.2) is 14.4 Å². The number of nitro benzene ring substituents is 1. The molecule has 2 N–H and O–H groups in total. The summed E-state index contributed by atoms with van der Waals surface area (Å²) in [5.41, 5.74) is -0.641. The molecule has 1 aromatic carbocycles. The van der Waals surface area contributed by atoms with Crippen LogP contribution in [0.5, 0.6) is 0 Å². The Morgan fingerprint density at radius 1 is 1.33 bits per heavy atom. The van der Waals surface area contributed by atoms with E-state index in [1.807, 2.05) is 0 Å². The first-order chi connectivity index (χ1) is 10.0. The molecule has 21 heavy (non-hydrogen) atoms. The van der Waals surface area contributed by atoms with Crippen molar-refractivity contribution in [2.24, 2.45) is 0 Å². The quantitative estimate of drug-likeness (QED) is 0.656. The SMILES string of the molecule is CNc1cc(C(=O)Nc2cncnc2)c([N+](=O)[O-])cc1F. The highest BCUT2D eigenvalue weighted by molar-refractivity contribution is 6.07. The van der Waals surface area contributed by atoms with E-state index in [9.17, 15) is 19.3 Å². The molecule has 8 nitrogen and oxygen atoms in total. The van der Waals surface area contributed by atoms with Gasteiger partial charge in [0.25, 0.3) is 11.6 Å². The van der Waals surface area contributed by atoms with E-state index >= 15 is 0 Å². The predicted molar refractivity (Wildman–Crippen MR) is 72.6 cm³/mol. The summed E-state index contributed by atoms with van der Waals surface area (Å²) in [5, 5.41) is 15.9. The molecule has 9 heteroatoms. The average molecular weight is 291 g/mol. The summed E-state index contributed by atoms with van der Waals surface area (Å²) < 4.78 is 13.6. The normalized spacial score (nSPS) is 10.0. The Hall–Kier alpha value is -3.10. The first-order valence-electron chi connectivity index (χ1n) is 5.75. The van der Waals surface area contributed by atoms with Crippen molar-refractivity contribution in [2.75, 3.05) is 17.7 Å². The predicted octanol–water partition coefficient (Wildman–Crippen LogP) is 1.82. The molecule has 1 aromatic heterocycles. The van der Waals surface area contributed by atoms with E-state index in [0.29, 0.717) is 6.07 Å². The fourth-order valence-electron chi connectivity index (χ4n) is 1.65. The first-order valence-corrected chi connectivity index (χ1v) is 5.75. The van der Waals surface area contributed by atoms with Gasteiger partial charge in [0.05, 0.1) is 34.8 Å². The smallest absolute Gasteiger partial charge is 0.285 e. The molecular weight excluding hydrogens is 281 g/mol. The standard InChI is InChI=1S/C12H10FN5O3/c1-14-10-2-8(11(18(20)21)3-9(10)13)12(19)17-7-4-15-6-16-5-7/h2-6,14H,1H3,(H,17,19). The zero-order valence-electron chi connectivity index (χ0n) is 10.8. The second-order valence-corrected chi connectivity index (χ2v) is 3.94. The van der Waals surface area contributed by atoms with Crippen LogP contribution >= 0.6 is 0 Å². The minimum Gasteiger partial charge on any atom is -0.386 e. The van der Waals surface area contributed by atoms with Crippen LogP contribution < -0.4 is 10.6 Å². The van der Waals surface area contributed by atoms with Gasteiger partial charge in [-0.1, -0.05) is 0 Å². The van der Waals surface area contributed by atoms with Crippen LogP contribution in [-0.4, -0.2) is 27.8 Å². The summed E-state index contributed by atoms with van der Waals surface area (Å²) >= 11 is 0. The number of hydrogen-bond acceptors (Lipinski definition) is 6. The van der Waals surface area contributed by atoms with Crippen molar-refractivity contribution in [3.63, 3.8) is 0 Å². The molecule has 2 rings (SSSR count). The third-order valence-electron chi connectivity index (χ3n) is 2.61. The van der Waals surface area contributed by atoms with E-state index in [0.717, 1.165) is 6.07 Å². The minimum absolute atomic E-state index is 0.0185. The fraction of sp³-hybridized carbons (Fsp3) is 0.0833. The maximum Gasteiger partial charge on any atom is 0.285 e. The van der Waals surface area contributed by atoms with E-state index in [4.69, 9.17) is 0 Å². The maximum atomic E-state index is 13.6. The number of anilines is 2. The number of rotatable bonds is 4. The Labute approximate surface area is 118 Å². The molecule has 0 fully saturated rings. The summed E-state index contributed by atoms with van der Waals surface area (Å²) in [4.78, 5) is 29.6. The van der Waals surface area contributed by atoms with Gasteiger partial charge in [0.15, 0.2) is 5.82 Å². The minimum atomic E-state index is -0.821. The fourth-order valence-corrected chi connectivity index (χ4v) is 1.65. The molecule has 0 aliphatic heterocycles. The number of carbonyl (C=O) groups excluding carboxylic acids is 1.